The van der Waals surface area contributed by atoms with E-state index in [9.17, 15) is 14.5 Å². The van der Waals surface area contributed by atoms with Gasteiger partial charge in [-0.15, -0.1) is 11.3 Å². The van der Waals surface area contributed by atoms with Crippen LogP contribution >= 0.6 is 11.3 Å². The van der Waals surface area contributed by atoms with E-state index in [1.54, 1.807) is 19.1 Å². The van der Waals surface area contributed by atoms with Gasteiger partial charge in [0.2, 0.25) is 0 Å². The molecule has 2 aromatic heterocycles. The number of hydrogen-bond donors (Lipinski definition) is 0. The Kier molecular flexibility index (Phi) is 5.20. The van der Waals surface area contributed by atoms with E-state index >= 15 is 0 Å². The van der Waals surface area contributed by atoms with Crippen molar-refractivity contribution in [1.29, 1.82) is 0 Å². The summed E-state index contributed by atoms with van der Waals surface area (Å²) in [5.41, 5.74) is 0.708. The average Bonchev–Trinajstić information content (AvgIpc) is 3.22. The number of nitrogens with zero attached hydrogens (tertiary/aromatic N) is 3. The molecule has 0 saturated carbocycles. The van der Waals surface area contributed by atoms with Crippen LogP contribution in [0.2, 0.25) is 0 Å². The zero-order valence-corrected chi connectivity index (χ0v) is 14.3. The van der Waals surface area contributed by atoms with Crippen LogP contribution in [0, 0.1) is 22.9 Å². The number of rotatable bonds is 7. The molecule has 0 amide bonds. The first-order chi connectivity index (χ1) is 12.1. The smallest absolute Gasteiger partial charge is 0.342 e. The maximum absolute atomic E-state index is 13.6. The Balaban J connectivity index is 1.76. The third kappa shape index (κ3) is 3.92. The van der Waals surface area contributed by atoms with E-state index in [4.69, 9.17) is 4.74 Å². The first-order valence-electron chi connectivity index (χ1n) is 7.63. The molecule has 0 saturated heterocycles. The van der Waals surface area contributed by atoms with Crippen LogP contribution in [0.25, 0.3) is 0 Å². The highest BCUT2D eigenvalue weighted by Crippen LogP contribution is 2.30. The lowest BCUT2D eigenvalue weighted by Crippen LogP contribution is -2.13. The Bertz CT molecular complexity index is 864. The zero-order chi connectivity index (χ0) is 17.8. The van der Waals surface area contributed by atoms with Gasteiger partial charge < -0.3 is 14.9 Å². The van der Waals surface area contributed by atoms with E-state index in [1.807, 2.05) is 17.5 Å². The minimum atomic E-state index is -0.469. The van der Waals surface area contributed by atoms with Gasteiger partial charge in [0.25, 0.3) is 0 Å². The highest BCUT2D eigenvalue weighted by atomic mass is 32.1. The van der Waals surface area contributed by atoms with E-state index < -0.39 is 11.0 Å². The Morgan fingerprint density at radius 2 is 2.24 bits per heavy atom. The number of imidazole rings is 1. The molecule has 0 N–H and O–H groups in total. The molecule has 0 spiro atoms. The molecule has 1 atom stereocenters. The van der Waals surface area contributed by atoms with Crippen LogP contribution in [0.3, 0.4) is 0 Å². The van der Waals surface area contributed by atoms with Crippen molar-refractivity contribution in [2.24, 2.45) is 0 Å². The van der Waals surface area contributed by atoms with Crippen molar-refractivity contribution < 1.29 is 14.1 Å². The minimum Gasteiger partial charge on any atom is -0.364 e. The maximum Gasteiger partial charge on any atom is 0.342 e. The number of ether oxygens (including phenoxy) is 1. The van der Waals surface area contributed by atoms with Crippen LogP contribution in [-0.4, -0.2) is 21.1 Å². The van der Waals surface area contributed by atoms with Gasteiger partial charge in [-0.1, -0.05) is 18.2 Å². The highest BCUT2D eigenvalue weighted by molar-refractivity contribution is 7.10. The maximum atomic E-state index is 13.6. The summed E-state index contributed by atoms with van der Waals surface area (Å²) in [5.74, 6) is 0.150. The predicted molar refractivity (Wildman–Crippen MR) is 92.1 cm³/mol. The molecular formula is C17H16FN3O3S. The van der Waals surface area contributed by atoms with Gasteiger partial charge in [-0.25, -0.2) is 13.9 Å². The minimum absolute atomic E-state index is 0.0699. The summed E-state index contributed by atoms with van der Waals surface area (Å²) in [6.45, 7) is 2.23. The number of aryl methyl sites for hydroxylation is 1. The molecule has 0 aliphatic heterocycles. The van der Waals surface area contributed by atoms with Gasteiger partial charge in [0.15, 0.2) is 5.82 Å². The Morgan fingerprint density at radius 3 is 2.92 bits per heavy atom. The van der Waals surface area contributed by atoms with E-state index in [0.29, 0.717) is 17.9 Å². The first-order valence-corrected chi connectivity index (χ1v) is 8.51. The summed E-state index contributed by atoms with van der Waals surface area (Å²) >= 11 is 1.52. The van der Waals surface area contributed by atoms with Gasteiger partial charge in [-0.05, 0) is 34.1 Å². The van der Waals surface area contributed by atoms with Crippen LogP contribution < -0.4 is 0 Å². The lowest BCUT2D eigenvalue weighted by atomic mass is 10.1. The van der Waals surface area contributed by atoms with Gasteiger partial charge >= 0.3 is 5.82 Å². The second kappa shape index (κ2) is 7.54. The molecule has 3 aromatic rings. The summed E-state index contributed by atoms with van der Waals surface area (Å²) in [7, 11) is 0. The number of hydrogen-bond acceptors (Lipinski definition) is 5. The fourth-order valence-corrected chi connectivity index (χ4v) is 3.39. The van der Waals surface area contributed by atoms with Crippen molar-refractivity contribution in [3.8, 4) is 0 Å². The van der Waals surface area contributed by atoms with Crippen LogP contribution in [-0.2, 0) is 11.3 Å². The molecule has 0 aliphatic carbocycles. The molecule has 0 aliphatic rings. The largest absolute Gasteiger partial charge is 0.364 e. The standard InChI is InChI=1S/C17H16FN3O3S/c1-12-19-11-16(21(22)23)20(12)7-8-24-17(15-6-3-9-25-15)13-4-2-5-14(18)10-13/h2-6,9-11,17H,7-8H2,1H3. The Morgan fingerprint density at radius 1 is 1.40 bits per heavy atom. The number of thiophene rings is 1. The van der Waals surface area contributed by atoms with Crippen molar-refractivity contribution in [3.63, 3.8) is 0 Å². The number of benzene rings is 1. The molecule has 25 heavy (non-hydrogen) atoms. The lowest BCUT2D eigenvalue weighted by Gasteiger charge is -2.17. The van der Waals surface area contributed by atoms with E-state index in [2.05, 4.69) is 4.98 Å². The van der Waals surface area contributed by atoms with Crippen molar-refractivity contribution in [1.82, 2.24) is 9.55 Å². The molecule has 0 radical (unpaired) electrons. The molecular weight excluding hydrogens is 345 g/mol. The van der Waals surface area contributed by atoms with Crippen molar-refractivity contribution in [2.45, 2.75) is 19.6 Å². The van der Waals surface area contributed by atoms with Crippen molar-refractivity contribution in [2.75, 3.05) is 6.61 Å². The van der Waals surface area contributed by atoms with Gasteiger partial charge in [-0.2, -0.15) is 0 Å². The monoisotopic (exact) mass is 361 g/mol. The number of halogens is 1. The molecule has 2 heterocycles. The second-order valence-corrected chi connectivity index (χ2v) is 6.37. The topological polar surface area (TPSA) is 70.2 Å². The van der Waals surface area contributed by atoms with Gasteiger partial charge in [0, 0.05) is 11.8 Å². The first kappa shape index (κ1) is 17.2. The molecule has 0 fully saturated rings. The third-order valence-corrected chi connectivity index (χ3v) is 4.69. The van der Waals surface area contributed by atoms with Crippen LogP contribution in [0.5, 0.6) is 0 Å². The summed E-state index contributed by atoms with van der Waals surface area (Å²) < 4.78 is 21.0. The number of nitro groups is 1. The highest BCUT2D eigenvalue weighted by Gasteiger charge is 2.20. The zero-order valence-electron chi connectivity index (χ0n) is 13.5. The van der Waals surface area contributed by atoms with Crippen molar-refractivity contribution in [3.05, 3.63) is 80.2 Å². The van der Waals surface area contributed by atoms with Gasteiger partial charge in [0.05, 0.1) is 6.61 Å². The van der Waals surface area contributed by atoms with Gasteiger partial charge in [0.1, 0.15) is 24.7 Å². The molecule has 3 rings (SSSR count). The van der Waals surface area contributed by atoms with E-state index in [0.717, 1.165) is 4.88 Å². The Labute approximate surface area is 147 Å². The molecule has 1 aromatic carbocycles. The molecule has 130 valence electrons. The molecule has 6 nitrogen and oxygen atoms in total. The van der Waals surface area contributed by atoms with E-state index in [1.165, 1.54) is 34.2 Å². The molecule has 8 heteroatoms. The summed E-state index contributed by atoms with van der Waals surface area (Å²) in [6, 6.07) is 10.1. The van der Waals surface area contributed by atoms with Crippen LogP contribution in [0.4, 0.5) is 10.2 Å². The summed E-state index contributed by atoms with van der Waals surface area (Å²) in [5, 5.41) is 13.0. The summed E-state index contributed by atoms with van der Waals surface area (Å²) in [4.78, 5) is 15.5. The van der Waals surface area contributed by atoms with Gasteiger partial charge in [-0.3, -0.25) is 0 Å². The number of aromatic nitrogens is 2. The lowest BCUT2D eigenvalue weighted by molar-refractivity contribution is -0.392. The fraction of sp³-hybridized carbons (Fsp3) is 0.235. The van der Waals surface area contributed by atoms with E-state index in [-0.39, 0.29) is 18.2 Å². The average molecular weight is 361 g/mol. The second-order valence-electron chi connectivity index (χ2n) is 5.39. The van der Waals surface area contributed by atoms with Crippen LogP contribution in [0.15, 0.2) is 48.0 Å². The Hall–Kier alpha value is -2.58. The predicted octanol–water partition coefficient (Wildman–Crippen LogP) is 4.11. The van der Waals surface area contributed by atoms with Crippen LogP contribution in [0.1, 0.15) is 22.4 Å². The quantitative estimate of drug-likeness (QED) is 0.469. The third-order valence-electron chi connectivity index (χ3n) is 3.77. The van der Waals surface area contributed by atoms with Crippen molar-refractivity contribution >= 4 is 17.2 Å². The SMILES string of the molecule is Cc1ncc([N+](=O)[O-])n1CCOC(c1cccc(F)c1)c1cccs1. The molecule has 0 bridgehead atoms. The fourth-order valence-electron chi connectivity index (χ4n) is 2.59. The normalized spacial score (nSPS) is 12.2. The molecule has 1 unspecified atom stereocenters. The summed E-state index contributed by atoms with van der Waals surface area (Å²) in [6.07, 6.45) is 0.817.